The average Bonchev–Trinajstić information content (AvgIpc) is 2.42. The summed E-state index contributed by atoms with van der Waals surface area (Å²) in [6.45, 7) is 4.57. The molecule has 1 saturated carbocycles. The lowest BCUT2D eigenvalue weighted by molar-refractivity contribution is 0.0919. The summed E-state index contributed by atoms with van der Waals surface area (Å²) in [6, 6.07) is 0.336. The maximum atomic E-state index is 5.92. The number of ether oxygens (including phenoxy) is 1. The Kier molecular flexibility index (Phi) is 4.59. The van der Waals surface area contributed by atoms with Crippen LogP contribution in [0.1, 0.15) is 33.1 Å². The molecule has 0 aromatic carbocycles. The van der Waals surface area contributed by atoms with E-state index in [-0.39, 0.29) is 6.10 Å². The molecule has 1 aromatic rings. The molecule has 3 atom stereocenters. The molecule has 0 spiro atoms. The largest absolute Gasteiger partial charge is 0.460 e. The molecule has 7 heteroatoms. The minimum atomic E-state index is 0.171. The maximum absolute atomic E-state index is 5.92. The van der Waals surface area contributed by atoms with Crippen LogP contribution in [0.3, 0.4) is 0 Å². The molecule has 112 valence electrons. The molecule has 2 rings (SSSR count). The van der Waals surface area contributed by atoms with Gasteiger partial charge in [-0.3, -0.25) is 5.43 Å². The Morgan fingerprint density at radius 1 is 1.15 bits per heavy atom. The smallest absolute Gasteiger partial charge is 0.323 e. The van der Waals surface area contributed by atoms with E-state index in [0.29, 0.717) is 23.8 Å². The van der Waals surface area contributed by atoms with Crippen LogP contribution >= 0.6 is 0 Å². The van der Waals surface area contributed by atoms with E-state index in [1.807, 2.05) is 14.1 Å². The number of nitrogens with zero attached hydrogens (tertiary/aromatic N) is 4. The quantitative estimate of drug-likeness (QED) is 0.637. The van der Waals surface area contributed by atoms with Crippen LogP contribution in [0.5, 0.6) is 6.01 Å². The highest BCUT2D eigenvalue weighted by atomic mass is 16.5. The summed E-state index contributed by atoms with van der Waals surface area (Å²) in [6.07, 6.45) is 3.43. The molecule has 3 N–H and O–H groups in total. The Labute approximate surface area is 119 Å². The van der Waals surface area contributed by atoms with Crippen LogP contribution in [-0.2, 0) is 0 Å². The summed E-state index contributed by atoms with van der Waals surface area (Å²) in [5.41, 5.74) is 2.45. The number of nitrogen functional groups attached to an aromatic ring is 1. The predicted molar refractivity (Wildman–Crippen MR) is 78.6 cm³/mol. The summed E-state index contributed by atoms with van der Waals surface area (Å²) in [4.78, 5) is 14.4. The second-order valence-corrected chi connectivity index (χ2v) is 5.79. The van der Waals surface area contributed by atoms with Gasteiger partial charge in [-0.05, 0) is 31.1 Å². The van der Waals surface area contributed by atoms with E-state index in [9.17, 15) is 0 Å². The van der Waals surface area contributed by atoms with Gasteiger partial charge in [0.25, 0.3) is 0 Å². The summed E-state index contributed by atoms with van der Waals surface area (Å²) in [5, 5.41) is 0. The third-order valence-electron chi connectivity index (χ3n) is 3.95. The Morgan fingerprint density at radius 2 is 1.90 bits per heavy atom. The van der Waals surface area contributed by atoms with Crippen molar-refractivity contribution in [2.45, 2.75) is 39.2 Å². The molecular weight excluding hydrogens is 256 g/mol. The Hall–Kier alpha value is -1.63. The van der Waals surface area contributed by atoms with Crippen molar-refractivity contribution in [1.29, 1.82) is 0 Å². The molecule has 1 aliphatic carbocycles. The third kappa shape index (κ3) is 3.47. The first-order valence-corrected chi connectivity index (χ1v) is 7.06. The van der Waals surface area contributed by atoms with Crippen molar-refractivity contribution in [2.24, 2.45) is 17.7 Å². The number of hydrogen-bond donors (Lipinski definition) is 2. The minimum absolute atomic E-state index is 0.171. The van der Waals surface area contributed by atoms with Crippen LogP contribution in [0.4, 0.5) is 11.9 Å². The van der Waals surface area contributed by atoms with Crippen LogP contribution in [-0.4, -0.2) is 35.2 Å². The van der Waals surface area contributed by atoms with Crippen LogP contribution in [0, 0.1) is 11.8 Å². The highest BCUT2D eigenvalue weighted by molar-refractivity contribution is 5.36. The molecule has 0 bridgehead atoms. The van der Waals surface area contributed by atoms with Crippen LogP contribution in [0.2, 0.25) is 0 Å². The van der Waals surface area contributed by atoms with E-state index in [1.54, 1.807) is 4.90 Å². The number of anilines is 2. The van der Waals surface area contributed by atoms with Gasteiger partial charge in [0.2, 0.25) is 11.9 Å². The summed E-state index contributed by atoms with van der Waals surface area (Å²) in [7, 11) is 3.73. The molecule has 0 saturated heterocycles. The molecule has 1 heterocycles. The first-order chi connectivity index (χ1) is 9.49. The van der Waals surface area contributed by atoms with Gasteiger partial charge in [0.15, 0.2) is 0 Å². The van der Waals surface area contributed by atoms with Gasteiger partial charge in [-0.1, -0.05) is 13.8 Å². The third-order valence-corrected chi connectivity index (χ3v) is 3.95. The molecule has 1 aliphatic rings. The second kappa shape index (κ2) is 6.21. The van der Waals surface area contributed by atoms with Gasteiger partial charge in [0.05, 0.1) is 0 Å². The van der Waals surface area contributed by atoms with E-state index >= 15 is 0 Å². The standard InChI is InChI=1S/C13H24N6O/c1-8-5-6-10(7-9(8)2)20-13-16-11(18-14)15-12(17-13)19(3)4/h8-10H,5-7,14H2,1-4H3,(H,15,16,17,18). The topological polar surface area (TPSA) is 89.2 Å². The number of aromatic nitrogens is 3. The van der Waals surface area contributed by atoms with E-state index in [2.05, 4.69) is 34.2 Å². The fraction of sp³-hybridized carbons (Fsp3) is 0.769. The van der Waals surface area contributed by atoms with Crippen molar-refractivity contribution in [1.82, 2.24) is 15.0 Å². The van der Waals surface area contributed by atoms with Crippen molar-refractivity contribution < 1.29 is 4.74 Å². The van der Waals surface area contributed by atoms with Gasteiger partial charge in [0, 0.05) is 14.1 Å². The molecule has 0 radical (unpaired) electrons. The van der Waals surface area contributed by atoms with Gasteiger partial charge in [-0.25, -0.2) is 5.84 Å². The molecule has 1 aromatic heterocycles. The van der Waals surface area contributed by atoms with E-state index in [1.165, 1.54) is 6.42 Å². The van der Waals surface area contributed by atoms with E-state index < -0.39 is 0 Å². The number of rotatable bonds is 4. The second-order valence-electron chi connectivity index (χ2n) is 5.79. The summed E-state index contributed by atoms with van der Waals surface area (Å²) in [5.74, 6) is 7.65. The lowest BCUT2D eigenvalue weighted by Gasteiger charge is -2.31. The van der Waals surface area contributed by atoms with E-state index in [4.69, 9.17) is 10.6 Å². The predicted octanol–water partition coefficient (Wildman–Crippen LogP) is 1.43. The van der Waals surface area contributed by atoms with Gasteiger partial charge in [-0.15, -0.1) is 0 Å². The van der Waals surface area contributed by atoms with Crippen molar-refractivity contribution in [3.8, 4) is 6.01 Å². The Bertz CT molecular complexity index is 452. The zero-order valence-electron chi connectivity index (χ0n) is 12.6. The number of nitrogens with two attached hydrogens (primary N) is 1. The van der Waals surface area contributed by atoms with Gasteiger partial charge < -0.3 is 9.64 Å². The molecular formula is C13H24N6O. The molecule has 1 fully saturated rings. The fourth-order valence-corrected chi connectivity index (χ4v) is 2.42. The molecule has 3 unspecified atom stereocenters. The van der Waals surface area contributed by atoms with Crippen molar-refractivity contribution in [3.63, 3.8) is 0 Å². The molecule has 0 amide bonds. The number of nitrogens with one attached hydrogen (secondary N) is 1. The van der Waals surface area contributed by atoms with E-state index in [0.717, 1.165) is 18.8 Å². The minimum Gasteiger partial charge on any atom is -0.460 e. The van der Waals surface area contributed by atoms with Gasteiger partial charge in [0.1, 0.15) is 6.10 Å². The van der Waals surface area contributed by atoms with Gasteiger partial charge >= 0.3 is 6.01 Å². The summed E-state index contributed by atoms with van der Waals surface area (Å²) >= 11 is 0. The molecule has 7 nitrogen and oxygen atoms in total. The Balaban J connectivity index is 2.10. The monoisotopic (exact) mass is 280 g/mol. The average molecular weight is 280 g/mol. The van der Waals surface area contributed by atoms with Crippen molar-refractivity contribution in [3.05, 3.63) is 0 Å². The Morgan fingerprint density at radius 3 is 2.50 bits per heavy atom. The van der Waals surface area contributed by atoms with Crippen molar-refractivity contribution >= 4 is 11.9 Å². The normalized spacial score (nSPS) is 26.1. The first-order valence-electron chi connectivity index (χ1n) is 7.06. The first kappa shape index (κ1) is 14.8. The van der Waals surface area contributed by atoms with Crippen molar-refractivity contribution in [2.75, 3.05) is 24.4 Å². The van der Waals surface area contributed by atoms with Crippen LogP contribution < -0.4 is 20.9 Å². The van der Waals surface area contributed by atoms with Gasteiger partial charge in [-0.2, -0.15) is 15.0 Å². The van der Waals surface area contributed by atoms with Crippen LogP contribution in [0.25, 0.3) is 0 Å². The SMILES string of the molecule is CC1CCC(Oc2nc(NN)nc(N(C)C)n2)CC1C. The lowest BCUT2D eigenvalue weighted by atomic mass is 9.80. The highest BCUT2D eigenvalue weighted by Crippen LogP contribution is 2.31. The number of hydrazine groups is 1. The summed E-state index contributed by atoms with van der Waals surface area (Å²) < 4.78 is 5.92. The molecule has 20 heavy (non-hydrogen) atoms. The molecule has 0 aliphatic heterocycles. The fourth-order valence-electron chi connectivity index (χ4n) is 2.42. The zero-order chi connectivity index (χ0) is 14.7. The maximum Gasteiger partial charge on any atom is 0.323 e. The number of hydrogen-bond acceptors (Lipinski definition) is 7. The lowest BCUT2D eigenvalue weighted by Crippen LogP contribution is -2.29. The zero-order valence-corrected chi connectivity index (χ0v) is 12.6. The highest BCUT2D eigenvalue weighted by Gasteiger charge is 2.26. The van der Waals surface area contributed by atoms with Crippen LogP contribution in [0.15, 0.2) is 0 Å².